The largest absolute Gasteiger partial charge is 0.383 e. The minimum atomic E-state index is -0.493. The molecule has 19 heavy (non-hydrogen) atoms. The number of nitrogen functional groups attached to an aromatic ring is 1. The molecule has 0 aliphatic carbocycles. The number of nitrogens with zero attached hydrogens (tertiary/aromatic N) is 1. The Morgan fingerprint density at radius 2 is 1.79 bits per heavy atom. The maximum atomic E-state index is 11.6. The van der Waals surface area contributed by atoms with E-state index in [4.69, 9.17) is 5.73 Å². The predicted molar refractivity (Wildman–Crippen MR) is 78.6 cm³/mol. The Morgan fingerprint density at radius 3 is 2.47 bits per heavy atom. The van der Waals surface area contributed by atoms with Gasteiger partial charge in [-0.2, -0.15) is 0 Å². The maximum Gasteiger partial charge on any atom is 0.329 e. The van der Waals surface area contributed by atoms with Gasteiger partial charge in [0.25, 0.3) is 5.56 Å². The summed E-state index contributed by atoms with van der Waals surface area (Å²) in [6.07, 6.45) is 7.12. The van der Waals surface area contributed by atoms with E-state index in [0.29, 0.717) is 6.54 Å². The summed E-state index contributed by atoms with van der Waals surface area (Å²) in [6, 6.07) is 0. The molecule has 0 bridgehead atoms. The van der Waals surface area contributed by atoms with Crippen LogP contribution in [0.3, 0.4) is 0 Å². The molecule has 1 aromatic heterocycles. The lowest BCUT2D eigenvalue weighted by molar-refractivity contribution is 0.617. The first kappa shape index (κ1) is 15.3. The summed E-state index contributed by atoms with van der Waals surface area (Å²) in [5.41, 5.74) is 5.09. The van der Waals surface area contributed by atoms with Gasteiger partial charge in [-0.15, -0.1) is 0 Å². The lowest BCUT2D eigenvalue weighted by atomic mass is 10.1. The van der Waals surface area contributed by atoms with Gasteiger partial charge in [0.1, 0.15) is 11.5 Å². The van der Waals surface area contributed by atoms with Crippen molar-refractivity contribution < 1.29 is 0 Å². The van der Waals surface area contributed by atoms with Crippen molar-refractivity contribution in [3.63, 3.8) is 0 Å². The van der Waals surface area contributed by atoms with Gasteiger partial charge in [0, 0.05) is 13.6 Å². The molecule has 0 atom stereocenters. The summed E-state index contributed by atoms with van der Waals surface area (Å²) in [5.74, 6) is 0.180. The molecular formula is C13H24N4O2. The second-order valence-corrected chi connectivity index (χ2v) is 4.77. The van der Waals surface area contributed by atoms with E-state index in [1.165, 1.54) is 37.3 Å². The fraction of sp³-hybridized carbons (Fsp3) is 0.692. The molecule has 4 N–H and O–H groups in total. The summed E-state index contributed by atoms with van der Waals surface area (Å²) < 4.78 is 1.23. The minimum absolute atomic E-state index is 0.180. The molecule has 0 aliphatic heterocycles. The number of H-pyrrole nitrogens is 1. The molecular weight excluding hydrogens is 244 g/mol. The van der Waals surface area contributed by atoms with E-state index in [1.54, 1.807) is 0 Å². The van der Waals surface area contributed by atoms with Crippen molar-refractivity contribution in [1.82, 2.24) is 9.55 Å². The van der Waals surface area contributed by atoms with Crippen LogP contribution < -0.4 is 22.3 Å². The Kier molecular flexibility index (Phi) is 6.18. The molecule has 0 aliphatic rings. The van der Waals surface area contributed by atoms with Gasteiger partial charge in [-0.3, -0.25) is 14.3 Å². The van der Waals surface area contributed by atoms with Gasteiger partial charge < -0.3 is 11.1 Å². The van der Waals surface area contributed by atoms with Crippen LogP contribution in [0.25, 0.3) is 0 Å². The van der Waals surface area contributed by atoms with Gasteiger partial charge in [-0.05, 0) is 6.42 Å². The van der Waals surface area contributed by atoms with Crippen molar-refractivity contribution >= 4 is 11.5 Å². The second-order valence-electron chi connectivity index (χ2n) is 4.77. The van der Waals surface area contributed by atoms with E-state index < -0.39 is 11.2 Å². The highest BCUT2D eigenvalue weighted by Crippen LogP contribution is 2.09. The summed E-state index contributed by atoms with van der Waals surface area (Å²) in [5, 5.41) is 3.01. The van der Waals surface area contributed by atoms with Crippen LogP contribution in [0.2, 0.25) is 0 Å². The molecule has 1 heterocycles. The van der Waals surface area contributed by atoms with Crippen molar-refractivity contribution in [3.8, 4) is 0 Å². The molecule has 0 unspecified atom stereocenters. The fourth-order valence-corrected chi connectivity index (χ4v) is 1.93. The molecule has 0 spiro atoms. The molecule has 0 radical (unpaired) electrons. The molecule has 0 aromatic carbocycles. The predicted octanol–water partition coefficient (Wildman–Crippen LogP) is 1.43. The van der Waals surface area contributed by atoms with E-state index >= 15 is 0 Å². The number of hydrogen-bond acceptors (Lipinski definition) is 4. The van der Waals surface area contributed by atoms with E-state index in [2.05, 4.69) is 17.2 Å². The molecule has 1 aromatic rings. The number of aromatic amines is 1. The minimum Gasteiger partial charge on any atom is -0.383 e. The van der Waals surface area contributed by atoms with Gasteiger partial charge in [0.2, 0.25) is 0 Å². The Balaban J connectivity index is 2.44. The molecule has 0 fully saturated rings. The van der Waals surface area contributed by atoms with E-state index in [-0.39, 0.29) is 11.5 Å². The number of aromatic nitrogens is 2. The first-order valence-corrected chi connectivity index (χ1v) is 6.90. The third-order valence-electron chi connectivity index (χ3n) is 3.20. The van der Waals surface area contributed by atoms with Crippen LogP contribution in [-0.4, -0.2) is 16.1 Å². The van der Waals surface area contributed by atoms with Crippen LogP contribution in [0, 0.1) is 0 Å². The zero-order valence-electron chi connectivity index (χ0n) is 11.8. The standard InChI is InChI=1S/C13H24N4O2/c1-3-4-5-6-7-8-9-15-10-11(14)17(2)13(19)16-12(10)18/h15H,3-9,14H2,1-2H3,(H,16,18,19). The lowest BCUT2D eigenvalue weighted by Crippen LogP contribution is -2.32. The molecule has 6 heteroatoms. The van der Waals surface area contributed by atoms with Crippen LogP contribution in [0.4, 0.5) is 11.5 Å². The van der Waals surface area contributed by atoms with Crippen molar-refractivity contribution in [2.75, 3.05) is 17.6 Å². The van der Waals surface area contributed by atoms with Crippen LogP contribution in [-0.2, 0) is 7.05 Å². The Hall–Kier alpha value is -1.72. The summed E-state index contributed by atoms with van der Waals surface area (Å²) in [6.45, 7) is 2.88. The van der Waals surface area contributed by atoms with Crippen LogP contribution >= 0.6 is 0 Å². The van der Waals surface area contributed by atoms with Crippen molar-refractivity contribution in [3.05, 3.63) is 20.8 Å². The Bertz CT molecular complexity index is 504. The molecule has 0 saturated carbocycles. The van der Waals surface area contributed by atoms with Crippen LogP contribution in [0.15, 0.2) is 9.59 Å². The van der Waals surface area contributed by atoms with E-state index in [1.807, 2.05) is 0 Å². The van der Waals surface area contributed by atoms with Crippen LogP contribution in [0.1, 0.15) is 45.4 Å². The highest BCUT2D eigenvalue weighted by Gasteiger charge is 2.08. The van der Waals surface area contributed by atoms with Gasteiger partial charge >= 0.3 is 5.69 Å². The van der Waals surface area contributed by atoms with Gasteiger partial charge in [0.15, 0.2) is 0 Å². The number of hydrogen-bond donors (Lipinski definition) is 3. The van der Waals surface area contributed by atoms with Gasteiger partial charge in [0.05, 0.1) is 0 Å². The average molecular weight is 268 g/mol. The highest BCUT2D eigenvalue weighted by molar-refractivity contribution is 5.60. The first-order valence-electron chi connectivity index (χ1n) is 6.90. The summed E-state index contributed by atoms with van der Waals surface area (Å²) in [7, 11) is 1.53. The van der Waals surface area contributed by atoms with Gasteiger partial charge in [-0.25, -0.2) is 4.79 Å². The van der Waals surface area contributed by atoms with Crippen LogP contribution in [0.5, 0.6) is 0 Å². The topological polar surface area (TPSA) is 92.9 Å². The molecule has 1 rings (SSSR count). The molecule has 6 nitrogen and oxygen atoms in total. The van der Waals surface area contributed by atoms with E-state index in [9.17, 15) is 9.59 Å². The fourth-order valence-electron chi connectivity index (χ4n) is 1.93. The smallest absolute Gasteiger partial charge is 0.329 e. The van der Waals surface area contributed by atoms with Gasteiger partial charge in [-0.1, -0.05) is 39.0 Å². The third-order valence-corrected chi connectivity index (χ3v) is 3.20. The number of nitrogens with one attached hydrogen (secondary N) is 2. The van der Waals surface area contributed by atoms with Crippen molar-refractivity contribution in [1.29, 1.82) is 0 Å². The average Bonchev–Trinajstić information content (AvgIpc) is 2.38. The SMILES string of the molecule is CCCCCCCCNc1c(N)n(C)c(=O)[nH]c1=O. The van der Waals surface area contributed by atoms with E-state index in [0.717, 1.165) is 12.8 Å². The summed E-state index contributed by atoms with van der Waals surface area (Å²) in [4.78, 5) is 25.1. The molecule has 108 valence electrons. The van der Waals surface area contributed by atoms with Crippen molar-refractivity contribution in [2.45, 2.75) is 45.4 Å². The monoisotopic (exact) mass is 268 g/mol. The number of unbranched alkanes of at least 4 members (excludes halogenated alkanes) is 5. The molecule has 0 saturated heterocycles. The highest BCUT2D eigenvalue weighted by atomic mass is 16.2. The first-order chi connectivity index (χ1) is 9.07. The van der Waals surface area contributed by atoms with Crippen molar-refractivity contribution in [2.24, 2.45) is 7.05 Å². The maximum absolute atomic E-state index is 11.6. The Morgan fingerprint density at radius 1 is 1.16 bits per heavy atom. The summed E-state index contributed by atoms with van der Waals surface area (Å²) >= 11 is 0. The zero-order chi connectivity index (χ0) is 14.3. The molecule has 0 amide bonds. The number of rotatable bonds is 8. The number of nitrogens with two attached hydrogens (primary N) is 1. The Labute approximate surface area is 113 Å². The number of anilines is 2. The normalized spacial score (nSPS) is 10.6. The third kappa shape index (κ3) is 4.46. The zero-order valence-corrected chi connectivity index (χ0v) is 11.8. The lowest BCUT2D eigenvalue weighted by Gasteiger charge is -2.10. The second kappa shape index (κ2) is 7.66. The quantitative estimate of drug-likeness (QED) is 0.622.